The molecular weight excluding hydrogens is 486 g/mol. The molecule has 0 fully saturated rings. The molecule has 3 aromatic rings. The molecular formula is C29H27N3O4S. The molecule has 1 aliphatic heterocycles. The highest BCUT2D eigenvalue weighted by Crippen LogP contribution is 2.22. The summed E-state index contributed by atoms with van der Waals surface area (Å²) in [5.41, 5.74) is 5.12. The molecule has 37 heavy (non-hydrogen) atoms. The first kappa shape index (κ1) is 25.7. The van der Waals surface area contributed by atoms with E-state index in [0.717, 1.165) is 16.8 Å². The highest BCUT2D eigenvalue weighted by molar-refractivity contribution is 7.92. The third-order valence-corrected chi connectivity index (χ3v) is 7.09. The Hall–Kier alpha value is -4.43. The van der Waals surface area contributed by atoms with Crippen LogP contribution in [0.1, 0.15) is 16.7 Å². The summed E-state index contributed by atoms with van der Waals surface area (Å²) >= 11 is 0. The fourth-order valence-corrected chi connectivity index (χ4v) is 4.73. The summed E-state index contributed by atoms with van der Waals surface area (Å²) in [5.74, 6) is -0.549. The molecule has 0 saturated heterocycles. The Balaban J connectivity index is 1.45. The SMILES string of the molecule is Cc1cc(N(C)C)ccc1/C=C\C=C/C=C1C(=O)ON=C1c1ccc(NS(=O)(=O)c2ccccc2)cc1. The van der Waals surface area contributed by atoms with E-state index in [9.17, 15) is 13.2 Å². The standard InChI is InChI=1S/C29H27N3O4S/c1-21-20-25(32(2)3)19-16-22(21)10-6-4-9-13-27-28(30-36-29(27)33)23-14-17-24(18-15-23)31-37(34,35)26-11-7-5-8-12-26/h4-20,31H,1-3H3/b9-4-,10-6-,27-13?. The van der Waals surface area contributed by atoms with E-state index in [2.05, 4.69) is 39.9 Å². The van der Waals surface area contributed by atoms with E-state index in [0.29, 0.717) is 22.5 Å². The quantitative estimate of drug-likeness (QED) is 0.250. The molecule has 0 saturated carbocycles. The van der Waals surface area contributed by atoms with Crippen LogP contribution in [0.25, 0.3) is 6.08 Å². The van der Waals surface area contributed by atoms with Crippen LogP contribution in [0, 0.1) is 6.92 Å². The van der Waals surface area contributed by atoms with Crippen molar-refractivity contribution < 1.29 is 18.0 Å². The van der Waals surface area contributed by atoms with Gasteiger partial charge in [0, 0.05) is 31.0 Å². The van der Waals surface area contributed by atoms with E-state index >= 15 is 0 Å². The number of sulfonamides is 1. The molecule has 3 aromatic carbocycles. The third kappa shape index (κ3) is 6.23. The molecule has 0 spiro atoms. The van der Waals surface area contributed by atoms with Crippen LogP contribution in [0.3, 0.4) is 0 Å². The maximum absolute atomic E-state index is 12.5. The van der Waals surface area contributed by atoms with Crippen molar-refractivity contribution in [1.82, 2.24) is 0 Å². The lowest BCUT2D eigenvalue weighted by atomic mass is 10.0. The van der Waals surface area contributed by atoms with Crippen molar-refractivity contribution >= 4 is 39.2 Å². The maximum Gasteiger partial charge on any atom is 0.368 e. The summed E-state index contributed by atoms with van der Waals surface area (Å²) in [6.07, 6.45) is 9.13. The van der Waals surface area contributed by atoms with E-state index in [4.69, 9.17) is 4.84 Å². The number of hydrogen-bond donors (Lipinski definition) is 1. The van der Waals surface area contributed by atoms with E-state index in [1.54, 1.807) is 54.6 Å². The van der Waals surface area contributed by atoms with Gasteiger partial charge in [-0.1, -0.05) is 65.9 Å². The zero-order valence-electron chi connectivity index (χ0n) is 20.8. The van der Waals surface area contributed by atoms with Gasteiger partial charge in [0.1, 0.15) is 5.71 Å². The minimum Gasteiger partial charge on any atom is -0.378 e. The fourth-order valence-electron chi connectivity index (χ4n) is 3.65. The van der Waals surface area contributed by atoms with Gasteiger partial charge in [-0.2, -0.15) is 0 Å². The summed E-state index contributed by atoms with van der Waals surface area (Å²) in [6.45, 7) is 2.06. The summed E-state index contributed by atoms with van der Waals surface area (Å²) in [6, 6.07) is 21.0. The van der Waals surface area contributed by atoms with Gasteiger partial charge in [0.05, 0.1) is 10.5 Å². The molecule has 0 amide bonds. The molecule has 188 valence electrons. The van der Waals surface area contributed by atoms with Gasteiger partial charge in [-0.15, -0.1) is 0 Å². The molecule has 1 N–H and O–H groups in total. The monoisotopic (exact) mass is 513 g/mol. The van der Waals surface area contributed by atoms with Crippen molar-refractivity contribution in [2.24, 2.45) is 5.16 Å². The molecule has 1 aliphatic rings. The first-order valence-corrected chi connectivity index (χ1v) is 13.0. The molecule has 0 radical (unpaired) electrons. The third-order valence-electron chi connectivity index (χ3n) is 5.69. The number of oxime groups is 1. The van der Waals surface area contributed by atoms with Crippen molar-refractivity contribution in [2.75, 3.05) is 23.7 Å². The Kier molecular flexibility index (Phi) is 7.69. The van der Waals surface area contributed by atoms with Gasteiger partial charge in [-0.05, 0) is 60.5 Å². The summed E-state index contributed by atoms with van der Waals surface area (Å²) < 4.78 is 27.6. The van der Waals surface area contributed by atoms with Crippen LogP contribution in [-0.2, 0) is 19.7 Å². The number of allylic oxidation sites excluding steroid dienone is 4. The Labute approximate surface area is 217 Å². The first-order valence-electron chi connectivity index (χ1n) is 11.6. The van der Waals surface area contributed by atoms with Gasteiger partial charge in [-0.25, -0.2) is 13.2 Å². The second-order valence-electron chi connectivity index (χ2n) is 8.57. The van der Waals surface area contributed by atoms with Crippen molar-refractivity contribution in [2.45, 2.75) is 11.8 Å². The van der Waals surface area contributed by atoms with Gasteiger partial charge in [0.25, 0.3) is 10.0 Å². The smallest absolute Gasteiger partial charge is 0.368 e. The maximum atomic E-state index is 12.5. The molecule has 8 heteroatoms. The molecule has 0 aliphatic carbocycles. The number of nitrogens with one attached hydrogen (secondary N) is 1. The largest absolute Gasteiger partial charge is 0.378 e. The molecule has 0 aromatic heterocycles. The van der Waals surface area contributed by atoms with E-state index < -0.39 is 16.0 Å². The lowest BCUT2D eigenvalue weighted by Crippen LogP contribution is -2.13. The van der Waals surface area contributed by atoms with Gasteiger partial charge in [0.2, 0.25) is 0 Å². The van der Waals surface area contributed by atoms with Crippen molar-refractivity contribution in [1.29, 1.82) is 0 Å². The van der Waals surface area contributed by atoms with Crippen LogP contribution < -0.4 is 9.62 Å². The molecule has 0 unspecified atom stereocenters. The number of rotatable bonds is 8. The summed E-state index contributed by atoms with van der Waals surface area (Å²) in [5, 5.41) is 3.91. The van der Waals surface area contributed by atoms with Crippen LogP contribution in [0.5, 0.6) is 0 Å². The normalized spacial score (nSPS) is 14.8. The highest BCUT2D eigenvalue weighted by Gasteiger charge is 2.26. The van der Waals surface area contributed by atoms with Crippen LogP contribution >= 0.6 is 0 Å². The Bertz CT molecular complexity index is 1520. The number of anilines is 2. The average Bonchev–Trinajstić information content (AvgIpc) is 3.25. The minimum atomic E-state index is -3.70. The molecule has 4 rings (SSSR count). The molecule has 1 heterocycles. The van der Waals surface area contributed by atoms with Crippen molar-refractivity contribution in [3.63, 3.8) is 0 Å². The first-order chi connectivity index (χ1) is 17.7. The van der Waals surface area contributed by atoms with Gasteiger partial charge in [0.15, 0.2) is 0 Å². The fraction of sp³-hybridized carbons (Fsp3) is 0.103. The van der Waals surface area contributed by atoms with Crippen molar-refractivity contribution in [3.05, 3.63) is 119 Å². The van der Waals surface area contributed by atoms with Gasteiger partial charge < -0.3 is 9.74 Å². The predicted octanol–water partition coefficient (Wildman–Crippen LogP) is 5.32. The number of carbonyl (C=O) groups is 1. The Morgan fingerprint density at radius 3 is 2.32 bits per heavy atom. The topological polar surface area (TPSA) is 88.1 Å². The summed E-state index contributed by atoms with van der Waals surface area (Å²) in [7, 11) is 0.316. The zero-order valence-corrected chi connectivity index (χ0v) is 21.6. The average molecular weight is 514 g/mol. The van der Waals surface area contributed by atoms with Crippen LogP contribution in [-0.4, -0.2) is 34.2 Å². The second-order valence-corrected chi connectivity index (χ2v) is 10.3. The Morgan fingerprint density at radius 1 is 0.919 bits per heavy atom. The number of benzene rings is 3. The van der Waals surface area contributed by atoms with Crippen LogP contribution in [0.2, 0.25) is 0 Å². The van der Waals surface area contributed by atoms with Gasteiger partial charge >= 0.3 is 5.97 Å². The van der Waals surface area contributed by atoms with Crippen molar-refractivity contribution in [3.8, 4) is 0 Å². The van der Waals surface area contributed by atoms with Crippen LogP contribution in [0.15, 0.2) is 113 Å². The minimum absolute atomic E-state index is 0.171. The molecule has 0 atom stereocenters. The highest BCUT2D eigenvalue weighted by atomic mass is 32.2. The molecule has 0 bridgehead atoms. The second kappa shape index (κ2) is 11.1. The van der Waals surface area contributed by atoms with E-state index in [1.807, 2.05) is 32.3 Å². The predicted molar refractivity (Wildman–Crippen MR) is 148 cm³/mol. The number of aryl methyl sites for hydroxylation is 1. The zero-order chi connectivity index (χ0) is 26.4. The lowest BCUT2D eigenvalue weighted by Gasteiger charge is -2.13. The number of carbonyl (C=O) groups excluding carboxylic acids is 1. The number of nitrogens with zero attached hydrogens (tertiary/aromatic N) is 2. The lowest BCUT2D eigenvalue weighted by molar-refractivity contribution is -0.136. The van der Waals surface area contributed by atoms with E-state index in [-0.39, 0.29) is 4.90 Å². The molecule has 7 nitrogen and oxygen atoms in total. The van der Waals surface area contributed by atoms with Gasteiger partial charge in [-0.3, -0.25) is 4.72 Å². The Morgan fingerprint density at radius 2 is 1.65 bits per heavy atom. The van der Waals surface area contributed by atoms with Crippen LogP contribution in [0.4, 0.5) is 11.4 Å². The summed E-state index contributed by atoms with van der Waals surface area (Å²) in [4.78, 5) is 19.4. The van der Waals surface area contributed by atoms with E-state index in [1.165, 1.54) is 12.1 Å². The number of hydrogen-bond acceptors (Lipinski definition) is 6.